The minimum absolute atomic E-state index is 0.0497. The number of benzene rings is 2. The number of fused-ring (bicyclic) bond motifs is 1. The van der Waals surface area contributed by atoms with Gasteiger partial charge in [0.25, 0.3) is 0 Å². The van der Waals surface area contributed by atoms with Crippen LogP contribution in [0.2, 0.25) is 0 Å². The van der Waals surface area contributed by atoms with Crippen LogP contribution in [0.3, 0.4) is 0 Å². The first-order valence-corrected chi connectivity index (χ1v) is 11.9. The van der Waals surface area contributed by atoms with Crippen LogP contribution >= 0.6 is 0 Å². The molecule has 0 radical (unpaired) electrons. The Balaban J connectivity index is 1.44. The predicted molar refractivity (Wildman–Crippen MR) is 123 cm³/mol. The summed E-state index contributed by atoms with van der Waals surface area (Å²) in [4.78, 5) is 0. The maximum absolute atomic E-state index is 15.1. The fourth-order valence-electron chi connectivity index (χ4n) is 5.97. The van der Waals surface area contributed by atoms with Gasteiger partial charge in [-0.3, -0.25) is 0 Å². The molecule has 0 amide bonds. The van der Waals surface area contributed by atoms with E-state index in [1.54, 1.807) is 12.1 Å². The molecule has 0 saturated heterocycles. The molecule has 1 nitrogen and oxygen atoms in total. The molecule has 2 aromatic rings. The van der Waals surface area contributed by atoms with Crippen molar-refractivity contribution in [3.63, 3.8) is 0 Å². The molecule has 0 N–H and O–H groups in total. The van der Waals surface area contributed by atoms with Crippen molar-refractivity contribution < 1.29 is 17.9 Å². The van der Waals surface area contributed by atoms with Crippen LogP contribution in [0.5, 0.6) is 5.75 Å². The van der Waals surface area contributed by atoms with E-state index in [2.05, 4.69) is 19.1 Å². The van der Waals surface area contributed by atoms with E-state index in [0.29, 0.717) is 11.5 Å². The zero-order valence-electron chi connectivity index (χ0n) is 19.0. The first kappa shape index (κ1) is 22.9. The molecule has 2 saturated carbocycles. The molecule has 0 aliphatic heterocycles. The van der Waals surface area contributed by atoms with E-state index in [0.717, 1.165) is 36.7 Å². The summed E-state index contributed by atoms with van der Waals surface area (Å²) >= 11 is 0. The second-order valence-electron chi connectivity index (χ2n) is 9.54. The Morgan fingerprint density at radius 3 is 2.47 bits per heavy atom. The third-order valence-corrected chi connectivity index (χ3v) is 7.72. The summed E-state index contributed by atoms with van der Waals surface area (Å²) in [6.07, 6.45) is 13.9. The van der Waals surface area contributed by atoms with Crippen LogP contribution < -0.4 is 4.74 Å². The van der Waals surface area contributed by atoms with E-state index in [1.807, 2.05) is 0 Å². The maximum atomic E-state index is 15.1. The van der Waals surface area contributed by atoms with Gasteiger partial charge in [-0.1, -0.05) is 30.7 Å². The molecule has 0 spiro atoms. The van der Waals surface area contributed by atoms with Gasteiger partial charge in [-0.15, -0.1) is 0 Å². The Morgan fingerprint density at radius 1 is 0.938 bits per heavy atom. The molecular formula is C28H33F3O. The van der Waals surface area contributed by atoms with Gasteiger partial charge in [-0.2, -0.15) is 4.39 Å². The van der Waals surface area contributed by atoms with Gasteiger partial charge in [0.1, 0.15) is 5.82 Å². The highest BCUT2D eigenvalue weighted by molar-refractivity contribution is 5.66. The van der Waals surface area contributed by atoms with Gasteiger partial charge in [0.15, 0.2) is 11.6 Å². The summed E-state index contributed by atoms with van der Waals surface area (Å²) in [7, 11) is 1.29. The van der Waals surface area contributed by atoms with Crippen LogP contribution in [0.25, 0.3) is 11.1 Å². The number of ether oxygens (including phenoxy) is 1. The van der Waals surface area contributed by atoms with Gasteiger partial charge in [-0.05, 0) is 105 Å². The summed E-state index contributed by atoms with van der Waals surface area (Å²) in [5.41, 5.74) is 1.12. The Kier molecular flexibility index (Phi) is 7.27. The van der Waals surface area contributed by atoms with Gasteiger partial charge in [-0.25, -0.2) is 8.78 Å². The maximum Gasteiger partial charge on any atom is 0.201 e. The summed E-state index contributed by atoms with van der Waals surface area (Å²) < 4.78 is 48.5. The fourth-order valence-corrected chi connectivity index (χ4v) is 5.97. The zero-order chi connectivity index (χ0) is 22.7. The number of methoxy groups -OCH3 is 1. The highest BCUT2D eigenvalue weighted by atomic mass is 19.2. The molecule has 2 aliphatic carbocycles. The first-order chi connectivity index (χ1) is 15.5. The van der Waals surface area contributed by atoms with E-state index in [-0.39, 0.29) is 23.0 Å². The standard InChI is InChI=1S/C28H33F3O/c1-3-4-5-6-18-7-8-20-16-21(10-9-19(20)15-18)23-12-11-22(17-25(23)29)24-13-14-26(32-2)28(31)27(24)30/h3-4,11-14,17-21H,5-10,15-16H2,1-2H3/b4-3+. The topological polar surface area (TPSA) is 9.23 Å². The minimum Gasteiger partial charge on any atom is -0.494 e. The third-order valence-electron chi connectivity index (χ3n) is 7.72. The van der Waals surface area contributed by atoms with Crippen LogP contribution in [0, 0.1) is 35.2 Å². The highest BCUT2D eigenvalue weighted by Gasteiger charge is 2.36. The molecule has 4 atom stereocenters. The average Bonchev–Trinajstić information content (AvgIpc) is 2.80. The predicted octanol–water partition coefficient (Wildman–Crippen LogP) is 8.44. The summed E-state index contributed by atoms with van der Waals surface area (Å²) in [6, 6.07) is 7.65. The summed E-state index contributed by atoms with van der Waals surface area (Å²) in [5.74, 6) is -0.0362. The molecule has 2 aliphatic rings. The first-order valence-electron chi connectivity index (χ1n) is 11.9. The molecule has 32 heavy (non-hydrogen) atoms. The highest BCUT2D eigenvalue weighted by Crippen LogP contribution is 2.49. The van der Waals surface area contributed by atoms with Crippen molar-refractivity contribution in [2.24, 2.45) is 17.8 Å². The molecule has 172 valence electrons. The van der Waals surface area contributed by atoms with E-state index in [1.165, 1.54) is 57.4 Å². The number of rotatable bonds is 6. The van der Waals surface area contributed by atoms with Crippen molar-refractivity contribution in [3.05, 3.63) is 65.5 Å². The lowest BCUT2D eigenvalue weighted by atomic mass is 9.63. The minimum atomic E-state index is -1.05. The Morgan fingerprint density at radius 2 is 1.72 bits per heavy atom. The summed E-state index contributed by atoms with van der Waals surface area (Å²) in [5, 5.41) is 0. The monoisotopic (exact) mass is 442 g/mol. The van der Waals surface area contributed by atoms with E-state index in [9.17, 15) is 8.78 Å². The average molecular weight is 443 g/mol. The van der Waals surface area contributed by atoms with Crippen molar-refractivity contribution in [2.45, 2.75) is 64.2 Å². The number of hydrogen-bond acceptors (Lipinski definition) is 1. The van der Waals surface area contributed by atoms with Gasteiger partial charge in [0.05, 0.1) is 7.11 Å². The Bertz CT molecular complexity index is 967. The van der Waals surface area contributed by atoms with E-state index < -0.39 is 11.6 Å². The number of hydrogen-bond donors (Lipinski definition) is 0. The normalized spacial score (nSPS) is 25.7. The molecule has 4 heteroatoms. The number of halogens is 3. The quantitative estimate of drug-likeness (QED) is 0.408. The van der Waals surface area contributed by atoms with Crippen molar-refractivity contribution >= 4 is 0 Å². The second-order valence-corrected chi connectivity index (χ2v) is 9.54. The van der Waals surface area contributed by atoms with Crippen LogP contribution in [-0.4, -0.2) is 7.11 Å². The number of allylic oxidation sites excluding steroid dienone is 2. The second kappa shape index (κ2) is 10.1. The van der Waals surface area contributed by atoms with Crippen LogP contribution in [0.4, 0.5) is 13.2 Å². The van der Waals surface area contributed by atoms with E-state index in [4.69, 9.17) is 4.74 Å². The molecule has 4 rings (SSSR count). The van der Waals surface area contributed by atoms with Gasteiger partial charge >= 0.3 is 0 Å². The zero-order valence-corrected chi connectivity index (χ0v) is 19.0. The SMILES string of the molecule is C/C=C/CCC1CCC2CC(c3ccc(-c4ccc(OC)c(F)c4F)cc3F)CCC2C1. The third kappa shape index (κ3) is 4.74. The van der Waals surface area contributed by atoms with Crippen molar-refractivity contribution in [2.75, 3.05) is 7.11 Å². The van der Waals surface area contributed by atoms with Gasteiger partial charge < -0.3 is 4.74 Å². The Hall–Kier alpha value is -2.23. The lowest BCUT2D eigenvalue weighted by Crippen LogP contribution is -2.30. The molecule has 2 fully saturated rings. The van der Waals surface area contributed by atoms with Crippen LogP contribution in [-0.2, 0) is 0 Å². The van der Waals surface area contributed by atoms with E-state index >= 15 is 4.39 Å². The molecule has 0 bridgehead atoms. The lowest BCUT2D eigenvalue weighted by Gasteiger charge is -2.42. The Labute approximate surface area is 189 Å². The molecule has 0 aromatic heterocycles. The van der Waals surface area contributed by atoms with Gasteiger partial charge in [0, 0.05) is 5.56 Å². The lowest BCUT2D eigenvalue weighted by molar-refractivity contribution is 0.114. The summed E-state index contributed by atoms with van der Waals surface area (Å²) in [6.45, 7) is 2.08. The molecular weight excluding hydrogens is 409 g/mol. The van der Waals surface area contributed by atoms with Crippen molar-refractivity contribution in [1.82, 2.24) is 0 Å². The molecule has 2 aromatic carbocycles. The van der Waals surface area contributed by atoms with Crippen molar-refractivity contribution in [1.29, 1.82) is 0 Å². The van der Waals surface area contributed by atoms with Crippen LogP contribution in [0.1, 0.15) is 69.8 Å². The smallest absolute Gasteiger partial charge is 0.201 e. The molecule has 0 heterocycles. The molecule has 4 unspecified atom stereocenters. The van der Waals surface area contributed by atoms with Gasteiger partial charge in [0.2, 0.25) is 5.82 Å². The van der Waals surface area contributed by atoms with Crippen LogP contribution in [0.15, 0.2) is 42.5 Å². The largest absolute Gasteiger partial charge is 0.494 e. The fraction of sp³-hybridized carbons (Fsp3) is 0.500. The van der Waals surface area contributed by atoms with Crippen molar-refractivity contribution in [3.8, 4) is 16.9 Å².